The maximum Gasteiger partial charge on any atom is 0.320 e. The number of carbonyl (C=O) groups excluding carboxylic acids is 1. The summed E-state index contributed by atoms with van der Waals surface area (Å²) in [5.74, 6) is -1.15. The van der Waals surface area contributed by atoms with E-state index in [1.54, 1.807) is 6.92 Å². The van der Waals surface area contributed by atoms with Gasteiger partial charge in [0, 0.05) is 6.42 Å². The van der Waals surface area contributed by atoms with E-state index in [2.05, 4.69) is 12.2 Å². The molecule has 0 aromatic carbocycles. The van der Waals surface area contributed by atoms with Crippen LogP contribution in [0.15, 0.2) is 0 Å². The first kappa shape index (κ1) is 22.9. The molecule has 142 valence electrons. The number of hydrogen-bond acceptors (Lipinski definition) is 4. The number of rotatable bonds is 16. The molecule has 0 amide bonds. The largest absolute Gasteiger partial charge is 0.480 e. The SMILES string of the molecule is CCCCCCCCCCCC(=O)OC(CC)NC(CC)C(=O)O. The summed E-state index contributed by atoms with van der Waals surface area (Å²) < 4.78 is 5.34. The predicted octanol–water partition coefficient (Wildman–Crippen LogP) is 4.64. The monoisotopic (exact) mass is 343 g/mol. The van der Waals surface area contributed by atoms with E-state index >= 15 is 0 Å². The number of nitrogens with one attached hydrogen (secondary N) is 1. The Bertz CT molecular complexity index is 333. The topological polar surface area (TPSA) is 75.6 Å². The minimum atomic E-state index is -0.911. The Morgan fingerprint density at radius 2 is 1.42 bits per heavy atom. The summed E-state index contributed by atoms with van der Waals surface area (Å²) in [6, 6.07) is -0.671. The maximum atomic E-state index is 11.8. The van der Waals surface area contributed by atoms with Gasteiger partial charge in [0.25, 0.3) is 0 Å². The summed E-state index contributed by atoms with van der Waals surface area (Å²) in [5.41, 5.74) is 0. The Balaban J connectivity index is 3.74. The van der Waals surface area contributed by atoms with E-state index in [-0.39, 0.29) is 5.97 Å². The zero-order valence-corrected chi connectivity index (χ0v) is 15.8. The molecule has 0 saturated heterocycles. The van der Waals surface area contributed by atoms with Crippen LogP contribution in [0, 0.1) is 0 Å². The first-order valence-corrected chi connectivity index (χ1v) is 9.73. The van der Waals surface area contributed by atoms with Crippen molar-refractivity contribution in [1.29, 1.82) is 0 Å². The highest BCUT2D eigenvalue weighted by Crippen LogP contribution is 2.11. The highest BCUT2D eigenvalue weighted by atomic mass is 16.6. The van der Waals surface area contributed by atoms with Crippen LogP contribution >= 0.6 is 0 Å². The fourth-order valence-corrected chi connectivity index (χ4v) is 2.62. The Kier molecular flexibility index (Phi) is 14.7. The molecule has 0 aliphatic heterocycles. The second kappa shape index (κ2) is 15.4. The molecule has 2 atom stereocenters. The van der Waals surface area contributed by atoms with Gasteiger partial charge in [-0.3, -0.25) is 14.9 Å². The molecule has 2 unspecified atom stereocenters. The minimum absolute atomic E-state index is 0.238. The molecule has 24 heavy (non-hydrogen) atoms. The van der Waals surface area contributed by atoms with Gasteiger partial charge >= 0.3 is 11.9 Å². The highest BCUT2D eigenvalue weighted by molar-refractivity contribution is 5.73. The van der Waals surface area contributed by atoms with E-state index in [4.69, 9.17) is 9.84 Å². The zero-order chi connectivity index (χ0) is 18.2. The lowest BCUT2D eigenvalue weighted by Gasteiger charge is -2.21. The van der Waals surface area contributed by atoms with Gasteiger partial charge in [0.1, 0.15) is 6.04 Å². The lowest BCUT2D eigenvalue weighted by Crippen LogP contribution is -2.44. The molecule has 0 bridgehead atoms. The fraction of sp³-hybridized carbons (Fsp3) is 0.895. The average Bonchev–Trinajstić information content (AvgIpc) is 2.56. The van der Waals surface area contributed by atoms with E-state index < -0.39 is 18.2 Å². The van der Waals surface area contributed by atoms with Gasteiger partial charge in [-0.1, -0.05) is 72.1 Å². The molecule has 0 rings (SSSR count). The Hall–Kier alpha value is -1.10. The number of carbonyl (C=O) groups is 2. The molecule has 0 aliphatic rings. The van der Waals surface area contributed by atoms with E-state index in [1.807, 2.05) is 6.92 Å². The van der Waals surface area contributed by atoms with Crippen LogP contribution in [-0.4, -0.2) is 29.3 Å². The standard InChI is InChI=1S/C19H37NO4/c1-4-7-8-9-10-11-12-13-14-15-18(21)24-17(6-3)20-16(5-2)19(22)23/h16-17,20H,4-15H2,1-3H3,(H,22,23). The number of aliphatic carboxylic acids is 1. The van der Waals surface area contributed by atoms with Crippen LogP contribution in [0.5, 0.6) is 0 Å². The highest BCUT2D eigenvalue weighted by Gasteiger charge is 2.21. The first-order valence-electron chi connectivity index (χ1n) is 9.73. The summed E-state index contributed by atoms with van der Waals surface area (Å²) in [6.07, 6.45) is 11.8. The third-order valence-corrected chi connectivity index (χ3v) is 4.22. The van der Waals surface area contributed by atoms with Crippen molar-refractivity contribution in [3.63, 3.8) is 0 Å². The van der Waals surface area contributed by atoms with Crippen LogP contribution in [-0.2, 0) is 14.3 Å². The van der Waals surface area contributed by atoms with Crippen molar-refractivity contribution in [2.45, 2.75) is 110 Å². The molecular formula is C19H37NO4. The molecule has 0 aliphatic carbocycles. The second-order valence-electron chi connectivity index (χ2n) is 6.43. The molecule has 5 nitrogen and oxygen atoms in total. The van der Waals surface area contributed by atoms with E-state index in [9.17, 15) is 9.59 Å². The van der Waals surface area contributed by atoms with Gasteiger partial charge in [0.2, 0.25) is 0 Å². The van der Waals surface area contributed by atoms with Crippen LogP contribution < -0.4 is 5.32 Å². The molecule has 0 aromatic heterocycles. The zero-order valence-electron chi connectivity index (χ0n) is 15.8. The van der Waals surface area contributed by atoms with Gasteiger partial charge in [-0.15, -0.1) is 0 Å². The molecule has 0 spiro atoms. The summed E-state index contributed by atoms with van der Waals surface area (Å²) in [6.45, 7) is 5.89. The molecule has 0 saturated carbocycles. The van der Waals surface area contributed by atoms with Gasteiger partial charge in [0.05, 0.1) is 0 Å². The van der Waals surface area contributed by atoms with Crippen molar-refractivity contribution in [1.82, 2.24) is 5.32 Å². The van der Waals surface area contributed by atoms with Gasteiger partial charge in [-0.2, -0.15) is 0 Å². The van der Waals surface area contributed by atoms with Crippen LogP contribution in [0.3, 0.4) is 0 Å². The van der Waals surface area contributed by atoms with E-state index in [0.29, 0.717) is 19.3 Å². The number of unbranched alkanes of at least 4 members (excludes halogenated alkanes) is 8. The van der Waals surface area contributed by atoms with Gasteiger partial charge in [-0.25, -0.2) is 0 Å². The second-order valence-corrected chi connectivity index (χ2v) is 6.43. The molecule has 0 radical (unpaired) electrons. The van der Waals surface area contributed by atoms with Crippen molar-refractivity contribution in [2.24, 2.45) is 0 Å². The Morgan fingerprint density at radius 3 is 1.88 bits per heavy atom. The molecular weight excluding hydrogens is 306 g/mol. The van der Waals surface area contributed by atoms with Crippen LogP contribution in [0.4, 0.5) is 0 Å². The van der Waals surface area contributed by atoms with Gasteiger partial charge in [-0.05, 0) is 19.3 Å². The quantitative estimate of drug-likeness (QED) is 0.242. The molecule has 0 fully saturated rings. The van der Waals surface area contributed by atoms with Gasteiger partial charge < -0.3 is 9.84 Å². The third-order valence-electron chi connectivity index (χ3n) is 4.22. The van der Waals surface area contributed by atoms with Crippen LogP contribution in [0.2, 0.25) is 0 Å². The predicted molar refractivity (Wildman–Crippen MR) is 96.9 cm³/mol. The van der Waals surface area contributed by atoms with Crippen molar-refractivity contribution in [3.8, 4) is 0 Å². The number of carboxylic acids is 1. The van der Waals surface area contributed by atoms with Gasteiger partial charge in [0.15, 0.2) is 6.23 Å². The molecule has 0 aromatic rings. The smallest absolute Gasteiger partial charge is 0.320 e. The first-order chi connectivity index (χ1) is 11.5. The average molecular weight is 344 g/mol. The number of ether oxygens (including phenoxy) is 1. The lowest BCUT2D eigenvalue weighted by atomic mass is 10.1. The minimum Gasteiger partial charge on any atom is -0.480 e. The van der Waals surface area contributed by atoms with Crippen LogP contribution in [0.1, 0.15) is 97.8 Å². The maximum absolute atomic E-state index is 11.8. The number of esters is 1. The van der Waals surface area contributed by atoms with E-state index in [0.717, 1.165) is 12.8 Å². The molecule has 0 heterocycles. The lowest BCUT2D eigenvalue weighted by molar-refractivity contribution is -0.154. The fourth-order valence-electron chi connectivity index (χ4n) is 2.62. The van der Waals surface area contributed by atoms with Crippen molar-refractivity contribution >= 4 is 11.9 Å². The number of hydrogen-bond donors (Lipinski definition) is 2. The summed E-state index contributed by atoms with van der Waals surface area (Å²) in [7, 11) is 0. The third kappa shape index (κ3) is 12.3. The van der Waals surface area contributed by atoms with E-state index in [1.165, 1.54) is 44.9 Å². The Labute approximate surface area is 147 Å². The van der Waals surface area contributed by atoms with Crippen LogP contribution in [0.25, 0.3) is 0 Å². The summed E-state index contributed by atoms with van der Waals surface area (Å²) in [5, 5.41) is 11.9. The van der Waals surface area contributed by atoms with Crippen molar-refractivity contribution in [3.05, 3.63) is 0 Å². The van der Waals surface area contributed by atoms with Crippen molar-refractivity contribution in [2.75, 3.05) is 0 Å². The molecule has 2 N–H and O–H groups in total. The number of carboxylic acid groups (broad SMARTS) is 1. The summed E-state index contributed by atoms with van der Waals surface area (Å²) >= 11 is 0. The summed E-state index contributed by atoms with van der Waals surface area (Å²) in [4.78, 5) is 22.9. The van der Waals surface area contributed by atoms with Crippen molar-refractivity contribution < 1.29 is 19.4 Å². The Morgan fingerprint density at radius 1 is 0.875 bits per heavy atom. The molecule has 5 heteroatoms. The normalized spacial score (nSPS) is 13.5.